The van der Waals surface area contributed by atoms with E-state index in [1.165, 1.54) is 9.47 Å². The van der Waals surface area contributed by atoms with Gasteiger partial charge in [-0.25, -0.2) is 13.4 Å². The normalized spacial score (nSPS) is 11.8. The van der Waals surface area contributed by atoms with Gasteiger partial charge in [-0.1, -0.05) is 12.1 Å². The molecule has 0 unspecified atom stereocenters. The predicted molar refractivity (Wildman–Crippen MR) is 92.8 cm³/mol. The molecular weight excluding hydrogens is 342 g/mol. The van der Waals surface area contributed by atoms with Crippen molar-refractivity contribution >= 4 is 26.8 Å². The van der Waals surface area contributed by atoms with Crippen molar-refractivity contribution in [3.8, 4) is 0 Å². The number of furan rings is 1. The minimum absolute atomic E-state index is 0.107. The highest BCUT2D eigenvalue weighted by molar-refractivity contribution is 7.90. The van der Waals surface area contributed by atoms with Crippen molar-refractivity contribution in [2.75, 3.05) is 13.3 Å². The van der Waals surface area contributed by atoms with E-state index in [4.69, 9.17) is 4.42 Å². The Kier molecular flexibility index (Phi) is 4.38. The SMILES string of the molecule is Cc1ccc(CN(C)C(=O)Cn2c(S(C)(=O)=O)nc3ccccc32)o1. The van der Waals surface area contributed by atoms with E-state index in [9.17, 15) is 13.2 Å². The molecule has 0 aliphatic rings. The number of hydrogen-bond acceptors (Lipinski definition) is 5. The van der Waals surface area contributed by atoms with Gasteiger partial charge in [0.25, 0.3) is 0 Å². The van der Waals surface area contributed by atoms with Gasteiger partial charge in [0, 0.05) is 13.3 Å². The van der Waals surface area contributed by atoms with Crippen molar-refractivity contribution in [1.29, 1.82) is 0 Å². The van der Waals surface area contributed by atoms with Crippen molar-refractivity contribution in [2.24, 2.45) is 0 Å². The first kappa shape index (κ1) is 17.2. The van der Waals surface area contributed by atoms with Gasteiger partial charge >= 0.3 is 0 Å². The lowest BCUT2D eigenvalue weighted by atomic mass is 10.3. The maximum Gasteiger partial charge on any atom is 0.242 e. The fourth-order valence-corrected chi connectivity index (χ4v) is 3.46. The van der Waals surface area contributed by atoms with Crippen LogP contribution in [0.4, 0.5) is 0 Å². The number of aromatic nitrogens is 2. The molecule has 0 spiro atoms. The third-order valence-corrected chi connectivity index (χ3v) is 4.83. The lowest BCUT2D eigenvalue weighted by Crippen LogP contribution is -2.30. The van der Waals surface area contributed by atoms with Gasteiger partial charge in [0.15, 0.2) is 0 Å². The third kappa shape index (κ3) is 3.58. The number of carbonyl (C=O) groups is 1. The summed E-state index contributed by atoms with van der Waals surface area (Å²) in [6.45, 7) is 2.04. The Morgan fingerprint density at radius 2 is 1.96 bits per heavy atom. The summed E-state index contributed by atoms with van der Waals surface area (Å²) in [6, 6.07) is 10.7. The van der Waals surface area contributed by atoms with Crippen LogP contribution in [0.1, 0.15) is 11.5 Å². The zero-order valence-corrected chi connectivity index (χ0v) is 15.1. The van der Waals surface area contributed by atoms with Gasteiger partial charge in [-0.2, -0.15) is 0 Å². The van der Waals surface area contributed by atoms with Crippen LogP contribution in [0.2, 0.25) is 0 Å². The zero-order valence-electron chi connectivity index (χ0n) is 14.3. The lowest BCUT2D eigenvalue weighted by molar-refractivity contribution is -0.131. The Hall–Kier alpha value is -2.61. The fraction of sp³-hybridized carbons (Fsp3) is 0.294. The molecule has 0 aliphatic heterocycles. The van der Waals surface area contributed by atoms with Crippen molar-refractivity contribution in [1.82, 2.24) is 14.5 Å². The molecule has 0 N–H and O–H groups in total. The van der Waals surface area contributed by atoms with Crippen molar-refractivity contribution in [3.63, 3.8) is 0 Å². The number of carbonyl (C=O) groups excluding carboxylic acids is 1. The van der Waals surface area contributed by atoms with Crippen LogP contribution in [0.15, 0.2) is 46.0 Å². The van der Waals surface area contributed by atoms with Gasteiger partial charge in [-0.05, 0) is 31.2 Å². The number of rotatable bonds is 5. The molecule has 0 fully saturated rings. The van der Waals surface area contributed by atoms with Crippen LogP contribution in [-0.2, 0) is 27.7 Å². The molecule has 0 saturated carbocycles. The smallest absolute Gasteiger partial charge is 0.242 e. The summed E-state index contributed by atoms with van der Waals surface area (Å²) in [5.41, 5.74) is 1.15. The molecule has 7 nitrogen and oxygen atoms in total. The number of nitrogens with zero attached hydrogens (tertiary/aromatic N) is 3. The molecule has 3 rings (SSSR count). The summed E-state index contributed by atoms with van der Waals surface area (Å²) in [7, 11) is -1.91. The van der Waals surface area contributed by atoms with Crippen LogP contribution in [0.25, 0.3) is 11.0 Å². The summed E-state index contributed by atoms with van der Waals surface area (Å²) in [5, 5.41) is -0.107. The summed E-state index contributed by atoms with van der Waals surface area (Å²) in [4.78, 5) is 18.3. The number of para-hydroxylation sites is 2. The standard InChI is InChI=1S/C17H19N3O4S/c1-12-8-9-13(24-12)10-19(2)16(21)11-20-15-7-5-4-6-14(15)18-17(20)25(3,22)23/h4-9H,10-11H2,1-3H3. The number of aryl methyl sites for hydroxylation is 1. The van der Waals surface area contributed by atoms with E-state index in [1.54, 1.807) is 31.3 Å². The van der Waals surface area contributed by atoms with Crippen LogP contribution < -0.4 is 0 Å². The second kappa shape index (κ2) is 6.36. The van der Waals surface area contributed by atoms with E-state index in [2.05, 4.69) is 4.98 Å². The second-order valence-corrected chi connectivity index (χ2v) is 7.91. The summed E-state index contributed by atoms with van der Waals surface area (Å²) in [5.74, 6) is 1.21. The molecule has 0 aliphatic carbocycles. The molecule has 8 heteroatoms. The molecular formula is C17H19N3O4S. The van der Waals surface area contributed by atoms with E-state index in [1.807, 2.05) is 19.1 Å². The summed E-state index contributed by atoms with van der Waals surface area (Å²) >= 11 is 0. The monoisotopic (exact) mass is 361 g/mol. The van der Waals surface area contributed by atoms with E-state index in [-0.39, 0.29) is 17.6 Å². The average Bonchev–Trinajstić information content (AvgIpc) is 3.11. The van der Waals surface area contributed by atoms with E-state index < -0.39 is 9.84 Å². The molecule has 2 heterocycles. The quantitative estimate of drug-likeness (QED) is 0.694. The van der Waals surface area contributed by atoms with Crippen molar-refractivity contribution in [2.45, 2.75) is 25.2 Å². The Balaban J connectivity index is 1.90. The number of sulfone groups is 1. The molecule has 0 radical (unpaired) electrons. The minimum atomic E-state index is -3.56. The Bertz CT molecular complexity index is 1030. The van der Waals surface area contributed by atoms with Crippen LogP contribution in [0, 0.1) is 6.92 Å². The third-order valence-electron chi connectivity index (χ3n) is 3.86. The first-order chi connectivity index (χ1) is 11.8. The number of imidazole rings is 1. The van der Waals surface area contributed by atoms with Gasteiger partial charge < -0.3 is 13.9 Å². The van der Waals surface area contributed by atoms with Crippen LogP contribution in [0.5, 0.6) is 0 Å². The average molecular weight is 361 g/mol. The molecule has 3 aromatic rings. The zero-order chi connectivity index (χ0) is 18.2. The molecule has 2 aromatic heterocycles. The highest BCUT2D eigenvalue weighted by Crippen LogP contribution is 2.20. The maximum atomic E-state index is 12.6. The van der Waals surface area contributed by atoms with Crippen LogP contribution in [0.3, 0.4) is 0 Å². The van der Waals surface area contributed by atoms with Gasteiger partial charge in [0.2, 0.25) is 20.9 Å². The number of amides is 1. The van der Waals surface area contributed by atoms with Gasteiger partial charge in [0.1, 0.15) is 18.1 Å². The highest BCUT2D eigenvalue weighted by atomic mass is 32.2. The fourth-order valence-electron chi connectivity index (χ4n) is 2.64. The van der Waals surface area contributed by atoms with Crippen molar-refractivity contribution < 1.29 is 17.6 Å². The summed E-state index contributed by atoms with van der Waals surface area (Å²) < 4.78 is 31.0. The van der Waals surface area contributed by atoms with Gasteiger partial charge in [-0.3, -0.25) is 4.79 Å². The minimum Gasteiger partial charge on any atom is -0.464 e. The van der Waals surface area contributed by atoms with Gasteiger partial charge in [0.05, 0.1) is 17.6 Å². The molecule has 1 amide bonds. The van der Waals surface area contributed by atoms with E-state index >= 15 is 0 Å². The molecule has 25 heavy (non-hydrogen) atoms. The van der Waals surface area contributed by atoms with E-state index in [0.717, 1.165) is 12.0 Å². The molecule has 0 bridgehead atoms. The number of fused-ring (bicyclic) bond motifs is 1. The van der Waals surface area contributed by atoms with Gasteiger partial charge in [-0.15, -0.1) is 0 Å². The summed E-state index contributed by atoms with van der Waals surface area (Å²) in [6.07, 6.45) is 1.09. The largest absolute Gasteiger partial charge is 0.464 e. The maximum absolute atomic E-state index is 12.6. The van der Waals surface area contributed by atoms with E-state index in [0.29, 0.717) is 23.3 Å². The van der Waals surface area contributed by atoms with Crippen LogP contribution in [-0.4, -0.2) is 42.1 Å². The predicted octanol–water partition coefficient (Wildman–Crippen LogP) is 2.00. The lowest BCUT2D eigenvalue weighted by Gasteiger charge is -2.17. The topological polar surface area (TPSA) is 85.4 Å². The Morgan fingerprint density at radius 1 is 1.24 bits per heavy atom. The highest BCUT2D eigenvalue weighted by Gasteiger charge is 2.22. The second-order valence-electron chi connectivity index (χ2n) is 6.00. The molecule has 0 atom stereocenters. The van der Waals surface area contributed by atoms with Crippen LogP contribution >= 0.6 is 0 Å². The van der Waals surface area contributed by atoms with Crippen molar-refractivity contribution in [3.05, 3.63) is 47.9 Å². The molecule has 0 saturated heterocycles. The first-order valence-electron chi connectivity index (χ1n) is 7.70. The number of hydrogen-bond donors (Lipinski definition) is 0. The number of likely N-dealkylation sites (N-methyl/N-ethyl adjacent to an activating group) is 1. The molecule has 132 valence electrons. The Morgan fingerprint density at radius 3 is 2.60 bits per heavy atom. The molecule has 1 aromatic carbocycles. The number of benzene rings is 1. The Labute approximate surface area is 145 Å². The first-order valence-corrected chi connectivity index (χ1v) is 9.59.